The molecule has 6 nitrogen and oxygen atoms in total. The van der Waals surface area contributed by atoms with Crippen LogP contribution in [0.2, 0.25) is 0 Å². The van der Waals surface area contributed by atoms with E-state index in [0.717, 1.165) is 24.3 Å². The lowest BCUT2D eigenvalue weighted by Crippen LogP contribution is -2.09. The number of pyridine rings is 4. The number of carbonyl (C=O) groups excluding carboxylic acids is 1. The number of hydrogen-bond donors (Lipinski definition) is 1. The molecule has 0 saturated carbocycles. The molecule has 0 saturated heterocycles. The molecule has 0 amide bonds. The van der Waals surface area contributed by atoms with Gasteiger partial charge < -0.3 is 5.32 Å². The zero-order chi connectivity index (χ0) is 24.7. The van der Waals surface area contributed by atoms with Crippen molar-refractivity contribution in [2.45, 2.75) is 19.3 Å². The van der Waals surface area contributed by atoms with Crippen LogP contribution in [0.5, 0.6) is 0 Å². The van der Waals surface area contributed by atoms with Crippen LogP contribution in [0.4, 0.5) is 37.8 Å². The summed E-state index contributed by atoms with van der Waals surface area (Å²) in [5.41, 5.74) is -2.33. The zero-order valence-corrected chi connectivity index (χ0v) is 17.2. The second-order valence-corrected chi connectivity index (χ2v) is 7.13. The van der Waals surface area contributed by atoms with Gasteiger partial charge in [-0.3, -0.25) is 9.78 Å². The molecule has 0 aliphatic heterocycles. The molecule has 0 unspecified atom stereocenters. The minimum Gasteiger partial charge on any atom is -0.340 e. The SMILES string of the molecule is CC(=O)c1cc(Nc2ccc(C(F)(F)F)cn2)c2ccc(-c3ncccc3C(F)(F)F)nc2n1. The first-order valence-corrected chi connectivity index (χ1v) is 9.59. The highest BCUT2D eigenvalue weighted by atomic mass is 19.4. The quantitative estimate of drug-likeness (QED) is 0.284. The number of rotatable bonds is 4. The minimum atomic E-state index is -4.67. The van der Waals surface area contributed by atoms with Crippen LogP contribution in [-0.4, -0.2) is 25.7 Å². The Balaban J connectivity index is 1.81. The van der Waals surface area contributed by atoms with Crippen LogP contribution >= 0.6 is 0 Å². The summed E-state index contributed by atoms with van der Waals surface area (Å²) >= 11 is 0. The molecule has 0 fully saturated rings. The highest BCUT2D eigenvalue weighted by Crippen LogP contribution is 2.36. The van der Waals surface area contributed by atoms with Crippen molar-refractivity contribution in [3.05, 3.63) is 71.7 Å². The number of nitrogens with zero attached hydrogens (tertiary/aromatic N) is 4. The molecule has 0 spiro atoms. The van der Waals surface area contributed by atoms with E-state index in [9.17, 15) is 31.1 Å². The van der Waals surface area contributed by atoms with Gasteiger partial charge in [0.2, 0.25) is 0 Å². The number of fused-ring (bicyclic) bond motifs is 1. The summed E-state index contributed by atoms with van der Waals surface area (Å²) in [6.07, 6.45) is -7.39. The highest BCUT2D eigenvalue weighted by molar-refractivity contribution is 5.99. The van der Waals surface area contributed by atoms with Crippen LogP contribution in [0, 0.1) is 0 Å². The van der Waals surface area contributed by atoms with Gasteiger partial charge in [0.25, 0.3) is 0 Å². The van der Waals surface area contributed by atoms with Crippen molar-refractivity contribution in [2.24, 2.45) is 0 Å². The topological polar surface area (TPSA) is 80.7 Å². The molecule has 4 rings (SSSR count). The van der Waals surface area contributed by atoms with Gasteiger partial charge in [0.15, 0.2) is 11.4 Å². The molecule has 4 aromatic heterocycles. The van der Waals surface area contributed by atoms with Gasteiger partial charge >= 0.3 is 12.4 Å². The first-order chi connectivity index (χ1) is 15.9. The van der Waals surface area contributed by atoms with E-state index in [2.05, 4.69) is 25.3 Å². The molecule has 0 aliphatic carbocycles. The van der Waals surface area contributed by atoms with Gasteiger partial charge in [0, 0.05) is 24.7 Å². The fraction of sp³-hybridized carbons (Fsp3) is 0.136. The number of halogens is 6. The monoisotopic (exact) mass is 477 g/mol. The summed E-state index contributed by atoms with van der Waals surface area (Å²) in [6.45, 7) is 1.23. The van der Waals surface area contributed by atoms with E-state index >= 15 is 0 Å². The Morgan fingerprint density at radius 1 is 0.912 bits per heavy atom. The van der Waals surface area contributed by atoms with Crippen LogP contribution in [0.15, 0.2) is 54.9 Å². The number of alkyl halides is 6. The summed E-state index contributed by atoms with van der Waals surface area (Å²) in [5, 5.41) is 3.11. The smallest absolute Gasteiger partial charge is 0.340 e. The van der Waals surface area contributed by atoms with Crippen LogP contribution in [0.3, 0.4) is 0 Å². The number of ketones is 1. The summed E-state index contributed by atoms with van der Waals surface area (Å²) in [7, 11) is 0. The Labute approximate surface area is 187 Å². The van der Waals surface area contributed by atoms with E-state index in [4.69, 9.17) is 0 Å². The van der Waals surface area contributed by atoms with Crippen LogP contribution in [0.25, 0.3) is 22.4 Å². The number of anilines is 2. The van der Waals surface area contributed by atoms with Crippen LogP contribution in [0.1, 0.15) is 28.5 Å². The number of Topliss-reactive ketones (excluding diaryl/α,β-unsaturated/α-hetero) is 1. The molecule has 0 atom stereocenters. The van der Waals surface area contributed by atoms with Gasteiger partial charge in [-0.05, 0) is 42.5 Å². The number of carbonyl (C=O) groups is 1. The lowest BCUT2D eigenvalue weighted by atomic mass is 10.1. The third kappa shape index (κ3) is 4.65. The number of aromatic nitrogens is 4. The van der Waals surface area contributed by atoms with E-state index in [1.807, 2.05) is 0 Å². The van der Waals surface area contributed by atoms with Crippen LogP contribution < -0.4 is 5.32 Å². The lowest BCUT2D eigenvalue weighted by molar-refractivity contribution is -0.138. The van der Waals surface area contributed by atoms with E-state index in [0.29, 0.717) is 11.6 Å². The highest BCUT2D eigenvalue weighted by Gasteiger charge is 2.35. The normalized spacial score (nSPS) is 12.1. The van der Waals surface area contributed by atoms with Gasteiger partial charge in [-0.15, -0.1) is 0 Å². The van der Waals surface area contributed by atoms with E-state index in [1.54, 1.807) is 0 Å². The molecule has 0 bridgehead atoms. The first kappa shape index (κ1) is 23.1. The maximum absolute atomic E-state index is 13.4. The maximum Gasteiger partial charge on any atom is 0.418 e. The van der Waals surface area contributed by atoms with E-state index in [1.165, 1.54) is 31.3 Å². The summed E-state index contributed by atoms with van der Waals surface area (Å²) in [6, 6.07) is 8.05. The molecule has 174 valence electrons. The first-order valence-electron chi connectivity index (χ1n) is 9.59. The Morgan fingerprint density at radius 2 is 1.68 bits per heavy atom. The van der Waals surface area contributed by atoms with Crippen molar-refractivity contribution >= 4 is 28.3 Å². The van der Waals surface area contributed by atoms with Crippen LogP contribution in [-0.2, 0) is 12.4 Å². The van der Waals surface area contributed by atoms with E-state index in [-0.39, 0.29) is 28.5 Å². The van der Waals surface area contributed by atoms with Crippen molar-refractivity contribution < 1.29 is 31.1 Å². The average molecular weight is 477 g/mol. The summed E-state index contributed by atoms with van der Waals surface area (Å²) in [4.78, 5) is 27.8. The second-order valence-electron chi connectivity index (χ2n) is 7.13. The molecular weight excluding hydrogens is 464 g/mol. The van der Waals surface area contributed by atoms with Gasteiger partial charge in [0.1, 0.15) is 17.2 Å². The van der Waals surface area contributed by atoms with Gasteiger partial charge in [-0.2, -0.15) is 26.3 Å². The van der Waals surface area contributed by atoms with Crippen molar-refractivity contribution in [3.8, 4) is 11.4 Å². The second kappa shape index (κ2) is 8.36. The third-order valence-electron chi connectivity index (χ3n) is 4.74. The Kier molecular flexibility index (Phi) is 5.67. The standard InChI is InChI=1S/C22H13F6N5O/c1-11(34)16-9-17(31-18-7-4-12(10-30-18)21(23,24)25)13-5-6-15(32-20(13)33-16)19-14(22(26,27)28)3-2-8-29-19/h2-10H,1H3,(H,30,31,32,33). The molecule has 0 radical (unpaired) electrons. The minimum absolute atomic E-state index is 0.0446. The predicted molar refractivity (Wildman–Crippen MR) is 110 cm³/mol. The van der Waals surface area contributed by atoms with Crippen molar-refractivity contribution in [2.75, 3.05) is 5.32 Å². The predicted octanol–water partition coefficient (Wildman–Crippen LogP) is 6.07. The van der Waals surface area contributed by atoms with Crippen molar-refractivity contribution in [1.82, 2.24) is 19.9 Å². The molecule has 0 aliphatic rings. The Morgan fingerprint density at radius 3 is 2.29 bits per heavy atom. The molecule has 4 aromatic rings. The third-order valence-corrected chi connectivity index (χ3v) is 4.74. The fourth-order valence-corrected chi connectivity index (χ4v) is 3.13. The van der Waals surface area contributed by atoms with Gasteiger partial charge in [0.05, 0.1) is 22.5 Å². The molecule has 34 heavy (non-hydrogen) atoms. The molecule has 1 N–H and O–H groups in total. The Bertz CT molecular complexity index is 1380. The summed E-state index contributed by atoms with van der Waals surface area (Å²) in [5.74, 6) is -0.408. The fourth-order valence-electron chi connectivity index (χ4n) is 3.13. The molecular formula is C22H13F6N5O. The molecule has 4 heterocycles. The Hall–Kier alpha value is -4.09. The maximum atomic E-state index is 13.4. The average Bonchev–Trinajstić information content (AvgIpc) is 2.77. The summed E-state index contributed by atoms with van der Waals surface area (Å²) < 4.78 is 78.6. The largest absolute Gasteiger partial charge is 0.418 e. The van der Waals surface area contributed by atoms with Gasteiger partial charge in [-0.1, -0.05) is 0 Å². The zero-order valence-electron chi connectivity index (χ0n) is 17.2. The van der Waals surface area contributed by atoms with Crippen molar-refractivity contribution in [3.63, 3.8) is 0 Å². The van der Waals surface area contributed by atoms with Gasteiger partial charge in [-0.25, -0.2) is 15.0 Å². The lowest BCUT2D eigenvalue weighted by Gasteiger charge is -2.14. The number of hydrogen-bond acceptors (Lipinski definition) is 6. The molecule has 0 aromatic carbocycles. The molecule has 12 heteroatoms. The number of nitrogens with one attached hydrogen (secondary N) is 1. The van der Waals surface area contributed by atoms with E-state index < -0.39 is 35.0 Å². The van der Waals surface area contributed by atoms with Crippen molar-refractivity contribution in [1.29, 1.82) is 0 Å².